The molecule has 0 saturated heterocycles. The first-order valence-corrected chi connectivity index (χ1v) is 5.38. The van der Waals surface area contributed by atoms with Crippen LogP contribution in [0.2, 0.25) is 0 Å². The number of alkyl halides is 1. The van der Waals surface area contributed by atoms with Gasteiger partial charge in [0.05, 0.1) is 16.9 Å². The van der Waals surface area contributed by atoms with Crippen LogP contribution in [0.5, 0.6) is 0 Å². The first kappa shape index (κ1) is 9.67. The van der Waals surface area contributed by atoms with E-state index in [9.17, 15) is 4.79 Å². The van der Waals surface area contributed by atoms with Crippen LogP contribution in [0.25, 0.3) is 0 Å². The molecule has 0 radical (unpaired) electrons. The van der Waals surface area contributed by atoms with E-state index in [1.165, 1.54) is 11.3 Å². The summed E-state index contributed by atoms with van der Waals surface area (Å²) < 4.78 is 0. The molecule has 0 saturated carbocycles. The van der Waals surface area contributed by atoms with Gasteiger partial charge in [0, 0.05) is 5.38 Å². The van der Waals surface area contributed by atoms with Crippen molar-refractivity contribution in [1.82, 2.24) is 4.98 Å². The van der Waals surface area contributed by atoms with E-state index in [2.05, 4.69) is 20.9 Å². The quantitative estimate of drug-likeness (QED) is 0.837. The van der Waals surface area contributed by atoms with Gasteiger partial charge in [0.2, 0.25) is 0 Å². The molecule has 0 amide bonds. The second-order valence-electron chi connectivity index (χ2n) is 2.36. The summed E-state index contributed by atoms with van der Waals surface area (Å²) in [5.41, 5.74) is 0.641. The van der Waals surface area contributed by atoms with Gasteiger partial charge in [-0.25, -0.2) is 4.98 Å². The molecule has 3 nitrogen and oxygen atoms in total. The molecule has 1 aromatic rings. The minimum atomic E-state index is -0.832. The molecule has 1 rings (SSSR count). The zero-order valence-corrected chi connectivity index (χ0v) is 8.85. The number of thiazole rings is 1. The fraction of sp³-hybridized carbons (Fsp3) is 0.429. The van der Waals surface area contributed by atoms with Crippen molar-refractivity contribution in [3.8, 4) is 0 Å². The summed E-state index contributed by atoms with van der Waals surface area (Å²) in [6.07, 6.45) is 0. The van der Waals surface area contributed by atoms with Gasteiger partial charge in [-0.3, -0.25) is 4.79 Å². The second-order valence-corrected chi connectivity index (χ2v) is 3.86. The molecule has 0 aliphatic rings. The molecule has 1 N–H and O–H groups in total. The lowest BCUT2D eigenvalue weighted by Gasteiger charge is -1.99. The minimum absolute atomic E-state index is 0.506. The number of halogens is 1. The van der Waals surface area contributed by atoms with Crippen molar-refractivity contribution < 1.29 is 9.90 Å². The van der Waals surface area contributed by atoms with Crippen LogP contribution in [0.1, 0.15) is 23.5 Å². The van der Waals surface area contributed by atoms with Gasteiger partial charge in [-0.15, -0.1) is 11.3 Å². The summed E-state index contributed by atoms with van der Waals surface area (Å²) >= 11 is 4.73. The van der Waals surface area contributed by atoms with E-state index < -0.39 is 11.9 Å². The third-order valence-corrected chi connectivity index (χ3v) is 3.27. The number of carboxylic acids is 1. The van der Waals surface area contributed by atoms with Crippen molar-refractivity contribution in [2.45, 2.75) is 18.2 Å². The van der Waals surface area contributed by atoms with Crippen LogP contribution in [-0.2, 0) is 10.1 Å². The maximum atomic E-state index is 10.6. The Balaban J connectivity index is 2.81. The molecule has 1 atom stereocenters. The largest absolute Gasteiger partial charge is 0.481 e. The van der Waals surface area contributed by atoms with Crippen molar-refractivity contribution >= 4 is 33.2 Å². The summed E-state index contributed by atoms with van der Waals surface area (Å²) in [6.45, 7) is 1.63. The first-order valence-electron chi connectivity index (χ1n) is 3.38. The summed E-state index contributed by atoms with van der Waals surface area (Å²) in [4.78, 5) is 14.7. The maximum Gasteiger partial charge on any atom is 0.312 e. The Hall–Kier alpha value is -0.420. The van der Waals surface area contributed by atoms with E-state index in [1.54, 1.807) is 12.3 Å². The predicted molar refractivity (Wildman–Crippen MR) is 50.8 cm³/mol. The van der Waals surface area contributed by atoms with Crippen LogP contribution in [-0.4, -0.2) is 16.1 Å². The fourth-order valence-electron chi connectivity index (χ4n) is 0.712. The number of carboxylic acid groups (broad SMARTS) is 1. The molecule has 0 spiro atoms. The lowest BCUT2D eigenvalue weighted by atomic mass is 10.1. The van der Waals surface area contributed by atoms with Gasteiger partial charge in [-0.05, 0) is 6.92 Å². The smallest absolute Gasteiger partial charge is 0.312 e. The molecule has 1 aromatic heterocycles. The number of aliphatic carboxylic acids is 1. The molecule has 0 aromatic carbocycles. The van der Waals surface area contributed by atoms with E-state index in [0.29, 0.717) is 11.0 Å². The van der Waals surface area contributed by atoms with Crippen LogP contribution in [0.3, 0.4) is 0 Å². The molecule has 1 unspecified atom stereocenters. The lowest BCUT2D eigenvalue weighted by molar-refractivity contribution is -0.138. The van der Waals surface area contributed by atoms with E-state index in [4.69, 9.17) is 5.11 Å². The Kier molecular flexibility index (Phi) is 3.22. The number of nitrogens with zero attached hydrogens (tertiary/aromatic N) is 1. The minimum Gasteiger partial charge on any atom is -0.481 e. The molecule has 0 aliphatic carbocycles. The van der Waals surface area contributed by atoms with Crippen molar-refractivity contribution in [2.75, 3.05) is 0 Å². The normalized spacial score (nSPS) is 12.8. The second kappa shape index (κ2) is 4.00. The molecule has 12 heavy (non-hydrogen) atoms. The van der Waals surface area contributed by atoms with Gasteiger partial charge >= 0.3 is 5.97 Å². The average Bonchev–Trinajstić information content (AvgIpc) is 2.50. The van der Waals surface area contributed by atoms with E-state index in [1.807, 2.05) is 0 Å². The van der Waals surface area contributed by atoms with Gasteiger partial charge < -0.3 is 5.11 Å². The van der Waals surface area contributed by atoms with Crippen LogP contribution < -0.4 is 0 Å². The zero-order chi connectivity index (χ0) is 9.14. The molecule has 5 heteroatoms. The van der Waals surface area contributed by atoms with E-state index in [0.717, 1.165) is 5.01 Å². The van der Waals surface area contributed by atoms with Crippen molar-refractivity contribution in [2.24, 2.45) is 0 Å². The third kappa shape index (κ3) is 2.04. The summed E-state index contributed by atoms with van der Waals surface area (Å²) in [5, 5.41) is 12.1. The standard InChI is InChI=1S/C7H8BrNO2S/c1-4(7(10)11)5-3-12-6(2-8)9-5/h3-4H,2H2,1H3,(H,10,11). The highest BCUT2D eigenvalue weighted by Crippen LogP contribution is 2.19. The Labute approximate surface area is 82.6 Å². The van der Waals surface area contributed by atoms with E-state index >= 15 is 0 Å². The molecule has 66 valence electrons. The Bertz CT molecular complexity index is 287. The fourth-order valence-corrected chi connectivity index (χ4v) is 1.97. The molecule has 1 heterocycles. The summed E-state index contributed by atoms with van der Waals surface area (Å²) in [6, 6.07) is 0. The summed E-state index contributed by atoms with van der Waals surface area (Å²) in [7, 11) is 0. The molecule has 0 aliphatic heterocycles. The maximum absolute atomic E-state index is 10.6. The van der Waals surface area contributed by atoms with Crippen molar-refractivity contribution in [1.29, 1.82) is 0 Å². The Morgan fingerprint density at radius 2 is 2.58 bits per heavy atom. The average molecular weight is 250 g/mol. The van der Waals surface area contributed by atoms with Gasteiger partial charge in [0.1, 0.15) is 5.01 Å². The highest BCUT2D eigenvalue weighted by Gasteiger charge is 2.16. The van der Waals surface area contributed by atoms with Crippen molar-refractivity contribution in [3.05, 3.63) is 16.1 Å². The molecular formula is C7H8BrNO2S. The SMILES string of the molecule is CC(C(=O)O)c1csc(CBr)n1. The first-order chi connectivity index (χ1) is 5.65. The molecule has 0 fully saturated rings. The summed E-state index contributed by atoms with van der Waals surface area (Å²) in [5.74, 6) is -1.34. The number of hydrogen-bond donors (Lipinski definition) is 1. The molecular weight excluding hydrogens is 242 g/mol. The van der Waals surface area contributed by atoms with Crippen LogP contribution in [0, 0.1) is 0 Å². The number of aromatic nitrogens is 1. The Morgan fingerprint density at radius 1 is 1.92 bits per heavy atom. The van der Waals surface area contributed by atoms with Crippen LogP contribution >= 0.6 is 27.3 Å². The van der Waals surface area contributed by atoms with Crippen LogP contribution in [0.15, 0.2) is 5.38 Å². The third-order valence-electron chi connectivity index (χ3n) is 1.50. The zero-order valence-electron chi connectivity index (χ0n) is 6.45. The monoisotopic (exact) mass is 249 g/mol. The molecule has 0 bridgehead atoms. The van der Waals surface area contributed by atoms with Crippen LogP contribution in [0.4, 0.5) is 0 Å². The predicted octanol–water partition coefficient (Wildman–Crippen LogP) is 2.23. The van der Waals surface area contributed by atoms with E-state index in [-0.39, 0.29) is 0 Å². The Morgan fingerprint density at radius 3 is 3.00 bits per heavy atom. The van der Waals surface area contributed by atoms with Crippen molar-refractivity contribution in [3.63, 3.8) is 0 Å². The van der Waals surface area contributed by atoms with Gasteiger partial charge in [-0.1, -0.05) is 15.9 Å². The van der Waals surface area contributed by atoms with Gasteiger partial charge in [-0.2, -0.15) is 0 Å². The lowest BCUT2D eigenvalue weighted by Crippen LogP contribution is -2.07. The highest BCUT2D eigenvalue weighted by molar-refractivity contribution is 9.08. The highest BCUT2D eigenvalue weighted by atomic mass is 79.9. The topological polar surface area (TPSA) is 50.2 Å². The van der Waals surface area contributed by atoms with Gasteiger partial charge in [0.25, 0.3) is 0 Å². The number of hydrogen-bond acceptors (Lipinski definition) is 3. The number of rotatable bonds is 3. The van der Waals surface area contributed by atoms with Gasteiger partial charge in [0.15, 0.2) is 0 Å². The number of carbonyl (C=O) groups is 1.